The summed E-state index contributed by atoms with van der Waals surface area (Å²) in [5.74, 6) is 1.86. The van der Waals surface area contributed by atoms with E-state index >= 15 is 0 Å². The van der Waals surface area contributed by atoms with E-state index in [2.05, 4.69) is 34.9 Å². The van der Waals surface area contributed by atoms with Crippen molar-refractivity contribution in [2.45, 2.75) is 32.7 Å². The average Bonchev–Trinajstić information content (AvgIpc) is 3.40. The lowest BCUT2D eigenvalue weighted by Gasteiger charge is -2.15. The summed E-state index contributed by atoms with van der Waals surface area (Å²) in [6, 6.07) is 16.1. The summed E-state index contributed by atoms with van der Waals surface area (Å²) in [5.41, 5.74) is 5.24. The standard InChI is InChI=1S/C26H26N6O/c1-16(2)20-7-5-6-8-21(20)23-28-15-22-25(30-23)32(26(33)29-22)17(3)18-9-11-19(12-10-18)24-27-13-14-31(24)4/h5-17H,1-4H3,(H,29,33)/t17-/m0/s1. The second-order valence-electron chi connectivity index (χ2n) is 8.63. The highest BCUT2D eigenvalue weighted by Crippen LogP contribution is 2.28. The molecule has 5 aromatic rings. The lowest BCUT2D eigenvalue weighted by Crippen LogP contribution is -2.21. The molecule has 1 atom stereocenters. The van der Waals surface area contributed by atoms with Gasteiger partial charge < -0.3 is 9.55 Å². The Kier molecular flexibility index (Phi) is 5.17. The van der Waals surface area contributed by atoms with Gasteiger partial charge >= 0.3 is 5.69 Å². The number of fused-ring (bicyclic) bond motifs is 1. The second-order valence-corrected chi connectivity index (χ2v) is 8.63. The molecule has 2 aromatic carbocycles. The van der Waals surface area contributed by atoms with Crippen LogP contribution in [0.4, 0.5) is 0 Å². The predicted molar refractivity (Wildman–Crippen MR) is 130 cm³/mol. The van der Waals surface area contributed by atoms with Gasteiger partial charge in [-0.05, 0) is 24.0 Å². The summed E-state index contributed by atoms with van der Waals surface area (Å²) in [6.07, 6.45) is 5.40. The molecule has 0 amide bonds. The molecule has 0 bridgehead atoms. The third-order valence-corrected chi connectivity index (χ3v) is 6.14. The zero-order chi connectivity index (χ0) is 23.1. The Morgan fingerprint density at radius 2 is 1.73 bits per heavy atom. The van der Waals surface area contributed by atoms with E-state index in [-0.39, 0.29) is 11.7 Å². The number of benzene rings is 2. The number of nitrogens with zero attached hydrogens (tertiary/aromatic N) is 5. The van der Waals surface area contributed by atoms with Gasteiger partial charge in [0.25, 0.3) is 0 Å². The molecule has 5 rings (SSSR count). The number of imidazole rings is 2. The lowest BCUT2D eigenvalue weighted by atomic mass is 9.97. The molecule has 0 aliphatic carbocycles. The summed E-state index contributed by atoms with van der Waals surface area (Å²) in [7, 11) is 1.97. The van der Waals surface area contributed by atoms with Crippen molar-refractivity contribution >= 4 is 11.2 Å². The Bertz CT molecular complexity index is 1490. The fourth-order valence-corrected chi connectivity index (χ4v) is 4.31. The van der Waals surface area contributed by atoms with Gasteiger partial charge in [-0.2, -0.15) is 0 Å². The maximum absolute atomic E-state index is 12.9. The van der Waals surface area contributed by atoms with Crippen LogP contribution >= 0.6 is 0 Å². The first kappa shape index (κ1) is 20.9. The summed E-state index contributed by atoms with van der Waals surface area (Å²) in [6.45, 7) is 6.31. The molecule has 0 fully saturated rings. The van der Waals surface area contributed by atoms with Gasteiger partial charge in [0.2, 0.25) is 0 Å². The van der Waals surface area contributed by atoms with Crippen molar-refractivity contribution in [1.29, 1.82) is 0 Å². The van der Waals surface area contributed by atoms with Crippen LogP contribution in [-0.2, 0) is 7.05 Å². The number of nitrogens with one attached hydrogen (secondary N) is 1. The predicted octanol–water partition coefficient (Wildman–Crippen LogP) is 4.92. The Morgan fingerprint density at radius 3 is 2.42 bits per heavy atom. The van der Waals surface area contributed by atoms with E-state index in [0.717, 1.165) is 22.5 Å². The molecular weight excluding hydrogens is 412 g/mol. The number of hydrogen-bond donors (Lipinski definition) is 1. The molecule has 3 aromatic heterocycles. The van der Waals surface area contributed by atoms with Crippen LogP contribution in [-0.4, -0.2) is 29.1 Å². The van der Waals surface area contributed by atoms with Crippen LogP contribution in [0.15, 0.2) is 71.9 Å². The first-order chi connectivity index (χ1) is 15.9. The molecule has 166 valence electrons. The Morgan fingerprint density at radius 1 is 0.970 bits per heavy atom. The Balaban J connectivity index is 1.57. The highest BCUT2D eigenvalue weighted by molar-refractivity contribution is 5.74. The molecular formula is C26H26N6O. The first-order valence-corrected chi connectivity index (χ1v) is 11.1. The lowest BCUT2D eigenvalue weighted by molar-refractivity contribution is 0.630. The van der Waals surface area contributed by atoms with E-state index in [1.807, 2.05) is 67.2 Å². The first-order valence-electron chi connectivity index (χ1n) is 11.1. The average molecular weight is 439 g/mol. The molecule has 0 aliphatic rings. The minimum absolute atomic E-state index is 0.200. The molecule has 0 saturated heterocycles. The smallest absolute Gasteiger partial charge is 0.328 e. The quantitative estimate of drug-likeness (QED) is 0.422. The third kappa shape index (κ3) is 3.65. The monoisotopic (exact) mass is 438 g/mol. The number of rotatable bonds is 5. The van der Waals surface area contributed by atoms with Gasteiger partial charge in [0.05, 0.1) is 12.2 Å². The van der Waals surface area contributed by atoms with Crippen LogP contribution < -0.4 is 5.69 Å². The van der Waals surface area contributed by atoms with Crippen molar-refractivity contribution in [3.8, 4) is 22.8 Å². The molecule has 3 heterocycles. The van der Waals surface area contributed by atoms with Gasteiger partial charge in [0.15, 0.2) is 11.5 Å². The van der Waals surface area contributed by atoms with E-state index in [1.54, 1.807) is 17.0 Å². The van der Waals surface area contributed by atoms with Crippen LogP contribution in [0.3, 0.4) is 0 Å². The van der Waals surface area contributed by atoms with Crippen LogP contribution in [0.25, 0.3) is 33.9 Å². The van der Waals surface area contributed by atoms with Gasteiger partial charge in [0, 0.05) is 30.6 Å². The van der Waals surface area contributed by atoms with E-state index < -0.39 is 0 Å². The van der Waals surface area contributed by atoms with Gasteiger partial charge in [-0.1, -0.05) is 62.4 Å². The summed E-state index contributed by atoms with van der Waals surface area (Å²) >= 11 is 0. The van der Waals surface area contributed by atoms with Crippen LogP contribution in [0.2, 0.25) is 0 Å². The number of hydrogen-bond acceptors (Lipinski definition) is 4. The number of aromatic nitrogens is 6. The minimum Gasteiger partial charge on any atom is -0.334 e. The van der Waals surface area contributed by atoms with E-state index in [9.17, 15) is 4.79 Å². The molecule has 7 nitrogen and oxygen atoms in total. The van der Waals surface area contributed by atoms with Crippen molar-refractivity contribution in [1.82, 2.24) is 29.1 Å². The van der Waals surface area contributed by atoms with Gasteiger partial charge in [-0.15, -0.1) is 0 Å². The van der Waals surface area contributed by atoms with Crippen LogP contribution in [0, 0.1) is 0 Å². The molecule has 0 saturated carbocycles. The molecule has 0 spiro atoms. The van der Waals surface area contributed by atoms with Crippen molar-refractivity contribution in [2.75, 3.05) is 0 Å². The fourth-order valence-electron chi connectivity index (χ4n) is 4.31. The van der Waals surface area contributed by atoms with E-state index in [1.165, 1.54) is 5.56 Å². The molecule has 1 N–H and O–H groups in total. The summed E-state index contributed by atoms with van der Waals surface area (Å²) in [4.78, 5) is 29.6. The number of aromatic amines is 1. The highest BCUT2D eigenvalue weighted by atomic mass is 16.1. The summed E-state index contributed by atoms with van der Waals surface area (Å²) < 4.78 is 3.68. The second kappa shape index (κ2) is 8.16. The fraction of sp³-hybridized carbons (Fsp3) is 0.231. The molecule has 33 heavy (non-hydrogen) atoms. The maximum atomic E-state index is 12.9. The molecule has 0 radical (unpaired) electrons. The number of H-pyrrole nitrogens is 1. The summed E-state index contributed by atoms with van der Waals surface area (Å²) in [5, 5.41) is 0. The molecule has 7 heteroatoms. The van der Waals surface area contributed by atoms with E-state index in [4.69, 9.17) is 4.98 Å². The molecule has 0 aliphatic heterocycles. The molecule has 0 unspecified atom stereocenters. The maximum Gasteiger partial charge on any atom is 0.328 e. The normalized spacial score (nSPS) is 12.5. The SMILES string of the molecule is CC(C)c1ccccc1-c1ncc2[nH]c(=O)n([C@@H](C)c3ccc(-c4nccn4C)cc3)c2n1. The zero-order valence-corrected chi connectivity index (χ0v) is 19.1. The van der Waals surface area contributed by atoms with Crippen molar-refractivity contribution in [3.05, 3.63) is 88.7 Å². The Hall–Kier alpha value is -4.00. The van der Waals surface area contributed by atoms with Crippen molar-refractivity contribution in [2.24, 2.45) is 7.05 Å². The van der Waals surface area contributed by atoms with Crippen LogP contribution in [0.1, 0.15) is 43.9 Å². The highest BCUT2D eigenvalue weighted by Gasteiger charge is 2.19. The minimum atomic E-state index is -0.204. The largest absolute Gasteiger partial charge is 0.334 e. The third-order valence-electron chi connectivity index (χ3n) is 6.14. The van der Waals surface area contributed by atoms with Crippen molar-refractivity contribution in [3.63, 3.8) is 0 Å². The van der Waals surface area contributed by atoms with Gasteiger partial charge in [-0.25, -0.2) is 19.7 Å². The topological polar surface area (TPSA) is 81.4 Å². The van der Waals surface area contributed by atoms with Gasteiger partial charge in [0.1, 0.15) is 11.3 Å². The zero-order valence-electron chi connectivity index (χ0n) is 19.1. The van der Waals surface area contributed by atoms with Crippen molar-refractivity contribution < 1.29 is 0 Å². The number of aryl methyl sites for hydroxylation is 1. The Labute approximate surface area is 191 Å². The van der Waals surface area contributed by atoms with Crippen LogP contribution in [0.5, 0.6) is 0 Å². The van der Waals surface area contributed by atoms with E-state index in [0.29, 0.717) is 22.9 Å². The van der Waals surface area contributed by atoms with Gasteiger partial charge in [-0.3, -0.25) is 4.57 Å².